The van der Waals surface area contributed by atoms with E-state index >= 15 is 0 Å². The number of aryl methyl sites for hydroxylation is 3. The van der Waals surface area contributed by atoms with Crippen molar-refractivity contribution in [2.45, 2.75) is 40.3 Å². The number of ether oxygens (including phenoxy) is 1. The molecule has 0 unspecified atom stereocenters. The molecule has 5 heteroatoms. The number of hydrogen-bond donors (Lipinski definition) is 1. The number of aromatic nitrogens is 2. The van der Waals surface area contributed by atoms with Crippen LogP contribution in [0.5, 0.6) is 11.6 Å². The molecule has 0 amide bonds. The zero-order valence-electron chi connectivity index (χ0n) is 13.2. The Morgan fingerprint density at radius 3 is 2.67 bits per heavy atom. The summed E-state index contributed by atoms with van der Waals surface area (Å²) in [5.41, 5.74) is 2.71. The number of nitrogens with zero attached hydrogens (tertiary/aromatic N) is 2. The van der Waals surface area contributed by atoms with Gasteiger partial charge in [-0.3, -0.25) is 0 Å². The molecule has 2 rings (SSSR count). The topological polar surface area (TPSA) is 39.1 Å². The second-order valence-corrected chi connectivity index (χ2v) is 5.54. The van der Waals surface area contributed by atoms with Crippen molar-refractivity contribution in [2.75, 3.05) is 0 Å². The van der Waals surface area contributed by atoms with Crippen molar-refractivity contribution in [1.82, 2.24) is 15.1 Å². The highest BCUT2D eigenvalue weighted by molar-refractivity contribution is 5.39. The van der Waals surface area contributed by atoms with Gasteiger partial charge in [0.05, 0.1) is 11.3 Å². The summed E-state index contributed by atoms with van der Waals surface area (Å²) in [6, 6.07) is 4.89. The lowest BCUT2D eigenvalue weighted by Gasteiger charge is -2.12. The smallest absolute Gasteiger partial charge is 0.222 e. The summed E-state index contributed by atoms with van der Waals surface area (Å²) >= 11 is 0. The second kappa shape index (κ2) is 6.26. The Morgan fingerprint density at radius 1 is 1.33 bits per heavy atom. The van der Waals surface area contributed by atoms with Crippen molar-refractivity contribution < 1.29 is 9.13 Å². The maximum absolute atomic E-state index is 13.2. The lowest BCUT2D eigenvalue weighted by Crippen LogP contribution is -2.22. The molecule has 0 aliphatic heterocycles. The summed E-state index contributed by atoms with van der Waals surface area (Å²) in [7, 11) is 1.85. The first kappa shape index (κ1) is 15.5. The average Bonchev–Trinajstić information content (AvgIpc) is 2.65. The number of nitrogens with one attached hydrogen (secondary N) is 1. The first-order valence-corrected chi connectivity index (χ1v) is 7.08. The van der Waals surface area contributed by atoms with Gasteiger partial charge in [0, 0.05) is 19.6 Å². The van der Waals surface area contributed by atoms with Crippen LogP contribution < -0.4 is 10.1 Å². The molecule has 0 saturated carbocycles. The molecule has 114 valence electrons. The third kappa shape index (κ3) is 3.61. The van der Waals surface area contributed by atoms with Gasteiger partial charge in [-0.05, 0) is 37.6 Å². The quantitative estimate of drug-likeness (QED) is 0.917. The fourth-order valence-electron chi connectivity index (χ4n) is 2.15. The first-order valence-electron chi connectivity index (χ1n) is 7.08. The predicted molar refractivity (Wildman–Crippen MR) is 81.1 cm³/mol. The summed E-state index contributed by atoms with van der Waals surface area (Å²) < 4.78 is 20.9. The highest BCUT2D eigenvalue weighted by atomic mass is 19.1. The van der Waals surface area contributed by atoms with Crippen LogP contribution in [0.15, 0.2) is 18.2 Å². The van der Waals surface area contributed by atoms with Crippen LogP contribution in [-0.2, 0) is 13.6 Å². The van der Waals surface area contributed by atoms with E-state index in [-0.39, 0.29) is 5.82 Å². The van der Waals surface area contributed by atoms with Crippen LogP contribution in [0.3, 0.4) is 0 Å². The van der Waals surface area contributed by atoms with E-state index in [0.29, 0.717) is 24.2 Å². The standard InChI is InChI=1S/C16H22FN3O/c1-10(2)18-9-14-12(4)19-20(5)16(14)21-15-7-6-13(17)8-11(15)3/h6-8,10,18H,9H2,1-5H3. The molecular weight excluding hydrogens is 269 g/mol. The maximum atomic E-state index is 13.2. The molecule has 0 saturated heterocycles. The Balaban J connectivity index is 2.30. The largest absolute Gasteiger partial charge is 0.439 e. The molecule has 1 aromatic heterocycles. The molecule has 1 heterocycles. The van der Waals surface area contributed by atoms with E-state index in [9.17, 15) is 4.39 Å². The average molecular weight is 291 g/mol. The van der Waals surface area contributed by atoms with Crippen molar-refractivity contribution in [2.24, 2.45) is 7.05 Å². The van der Waals surface area contributed by atoms with Crippen LogP contribution in [-0.4, -0.2) is 15.8 Å². The minimum absolute atomic E-state index is 0.261. The number of hydrogen-bond acceptors (Lipinski definition) is 3. The van der Waals surface area contributed by atoms with E-state index in [4.69, 9.17) is 4.74 Å². The molecule has 1 N–H and O–H groups in total. The van der Waals surface area contributed by atoms with Crippen LogP contribution in [0, 0.1) is 19.7 Å². The Hall–Kier alpha value is -1.88. The van der Waals surface area contributed by atoms with Gasteiger partial charge in [-0.25, -0.2) is 9.07 Å². The first-order chi connectivity index (χ1) is 9.88. The van der Waals surface area contributed by atoms with Gasteiger partial charge in [-0.2, -0.15) is 5.10 Å². The Labute approximate surface area is 124 Å². The molecule has 0 spiro atoms. The molecule has 0 atom stereocenters. The fourth-order valence-corrected chi connectivity index (χ4v) is 2.15. The fraction of sp³-hybridized carbons (Fsp3) is 0.438. The van der Waals surface area contributed by atoms with Crippen molar-refractivity contribution in [1.29, 1.82) is 0 Å². The maximum Gasteiger partial charge on any atom is 0.222 e. The van der Waals surface area contributed by atoms with Gasteiger partial charge in [0.1, 0.15) is 11.6 Å². The normalized spacial score (nSPS) is 11.2. The molecule has 0 fully saturated rings. The minimum atomic E-state index is -0.261. The molecule has 0 radical (unpaired) electrons. The van der Waals surface area contributed by atoms with E-state index in [1.54, 1.807) is 10.7 Å². The second-order valence-electron chi connectivity index (χ2n) is 5.54. The molecule has 0 aliphatic rings. The molecular formula is C16H22FN3O. The number of rotatable bonds is 5. The van der Waals surface area contributed by atoms with Gasteiger partial charge in [-0.1, -0.05) is 13.8 Å². The zero-order chi connectivity index (χ0) is 15.6. The van der Waals surface area contributed by atoms with Gasteiger partial charge < -0.3 is 10.1 Å². The van der Waals surface area contributed by atoms with Crippen molar-refractivity contribution in [3.8, 4) is 11.6 Å². The Kier molecular flexibility index (Phi) is 4.63. The third-order valence-corrected chi connectivity index (χ3v) is 3.32. The molecule has 2 aromatic rings. The van der Waals surface area contributed by atoms with E-state index < -0.39 is 0 Å². The SMILES string of the molecule is Cc1cc(F)ccc1Oc1c(CNC(C)C)c(C)nn1C. The van der Waals surface area contributed by atoms with E-state index in [2.05, 4.69) is 24.3 Å². The van der Waals surface area contributed by atoms with Crippen LogP contribution in [0.1, 0.15) is 30.7 Å². The van der Waals surface area contributed by atoms with Crippen LogP contribution in [0.4, 0.5) is 4.39 Å². The van der Waals surface area contributed by atoms with Crippen molar-refractivity contribution >= 4 is 0 Å². The Bertz CT molecular complexity index is 635. The monoisotopic (exact) mass is 291 g/mol. The Morgan fingerprint density at radius 2 is 2.05 bits per heavy atom. The highest BCUT2D eigenvalue weighted by Crippen LogP contribution is 2.29. The lowest BCUT2D eigenvalue weighted by atomic mass is 10.2. The van der Waals surface area contributed by atoms with Crippen LogP contribution in [0.25, 0.3) is 0 Å². The summed E-state index contributed by atoms with van der Waals surface area (Å²) in [5.74, 6) is 1.07. The molecule has 21 heavy (non-hydrogen) atoms. The van der Waals surface area contributed by atoms with Crippen LogP contribution >= 0.6 is 0 Å². The molecule has 0 aliphatic carbocycles. The summed E-state index contributed by atoms with van der Waals surface area (Å²) in [6.07, 6.45) is 0. The van der Waals surface area contributed by atoms with Gasteiger partial charge in [0.2, 0.25) is 5.88 Å². The van der Waals surface area contributed by atoms with Crippen molar-refractivity contribution in [3.05, 3.63) is 40.8 Å². The van der Waals surface area contributed by atoms with Crippen LogP contribution in [0.2, 0.25) is 0 Å². The minimum Gasteiger partial charge on any atom is -0.439 e. The van der Waals surface area contributed by atoms with Gasteiger partial charge in [0.15, 0.2) is 0 Å². The summed E-state index contributed by atoms with van der Waals surface area (Å²) in [4.78, 5) is 0. The molecule has 0 bridgehead atoms. The summed E-state index contributed by atoms with van der Waals surface area (Å²) in [6.45, 7) is 8.66. The predicted octanol–water partition coefficient (Wildman–Crippen LogP) is 3.47. The van der Waals surface area contributed by atoms with Gasteiger partial charge in [-0.15, -0.1) is 0 Å². The molecule has 4 nitrogen and oxygen atoms in total. The zero-order valence-corrected chi connectivity index (χ0v) is 13.2. The van der Waals surface area contributed by atoms with Crippen molar-refractivity contribution in [3.63, 3.8) is 0 Å². The van der Waals surface area contributed by atoms with Gasteiger partial charge >= 0.3 is 0 Å². The third-order valence-electron chi connectivity index (χ3n) is 3.32. The number of benzene rings is 1. The van der Waals surface area contributed by atoms with E-state index in [1.807, 2.05) is 20.9 Å². The number of halogens is 1. The highest BCUT2D eigenvalue weighted by Gasteiger charge is 2.16. The lowest BCUT2D eigenvalue weighted by molar-refractivity contribution is 0.418. The van der Waals surface area contributed by atoms with E-state index in [1.165, 1.54) is 12.1 Å². The molecule has 1 aromatic carbocycles. The summed E-state index contributed by atoms with van der Waals surface area (Å²) in [5, 5.41) is 7.78. The van der Waals surface area contributed by atoms with Gasteiger partial charge in [0.25, 0.3) is 0 Å². The van der Waals surface area contributed by atoms with E-state index in [0.717, 1.165) is 16.8 Å².